The summed E-state index contributed by atoms with van der Waals surface area (Å²) >= 11 is 0. The Kier molecular flexibility index (Phi) is 6.65. The summed E-state index contributed by atoms with van der Waals surface area (Å²) in [6.07, 6.45) is 7.02. The topological polar surface area (TPSA) is 58.4 Å². The molecule has 0 aromatic carbocycles. The Labute approximate surface area is 111 Å². The third kappa shape index (κ3) is 4.25. The van der Waals surface area contributed by atoms with Gasteiger partial charge in [-0.15, -0.1) is 0 Å². The van der Waals surface area contributed by atoms with Gasteiger partial charge in [0.15, 0.2) is 0 Å². The molecule has 1 aliphatic carbocycles. The Bertz CT molecular complexity index is 249. The second kappa shape index (κ2) is 7.74. The van der Waals surface area contributed by atoms with Crippen molar-refractivity contribution in [3.05, 3.63) is 0 Å². The molecule has 0 saturated heterocycles. The summed E-state index contributed by atoms with van der Waals surface area (Å²) in [6.45, 7) is 7.54. The molecule has 0 aliphatic heterocycles. The number of hydrazine groups is 1. The molecule has 0 bridgehead atoms. The van der Waals surface area contributed by atoms with Crippen LogP contribution in [0.1, 0.15) is 59.3 Å². The van der Waals surface area contributed by atoms with Crippen molar-refractivity contribution < 1.29 is 4.79 Å². The van der Waals surface area contributed by atoms with Crippen molar-refractivity contribution in [1.29, 1.82) is 0 Å². The smallest absolute Gasteiger partial charge is 0.251 e. The molecule has 1 rings (SSSR count). The maximum absolute atomic E-state index is 11.9. The van der Waals surface area contributed by atoms with E-state index in [-0.39, 0.29) is 11.9 Å². The zero-order valence-corrected chi connectivity index (χ0v) is 12.1. The average Bonchev–Trinajstić information content (AvgIpc) is 2.86. The van der Waals surface area contributed by atoms with Crippen molar-refractivity contribution in [2.75, 3.05) is 6.54 Å². The number of carbonyl (C=O) groups is 1. The van der Waals surface area contributed by atoms with Crippen LogP contribution in [-0.2, 0) is 4.79 Å². The molecule has 0 spiro atoms. The Morgan fingerprint density at radius 3 is 2.44 bits per heavy atom. The van der Waals surface area contributed by atoms with Crippen LogP contribution < -0.4 is 11.3 Å². The van der Waals surface area contributed by atoms with Gasteiger partial charge in [-0.25, -0.2) is 5.84 Å². The third-order valence-corrected chi connectivity index (χ3v) is 3.99. The lowest BCUT2D eigenvalue weighted by molar-refractivity contribution is -0.127. The fourth-order valence-corrected chi connectivity index (χ4v) is 2.90. The first-order valence-electron chi connectivity index (χ1n) is 7.36. The summed E-state index contributed by atoms with van der Waals surface area (Å²) < 4.78 is 0. The molecular formula is C14H29N3O. The molecule has 0 heterocycles. The SMILES string of the molecule is CCC(C(=O)NN)N(CCC(C)C)C1CCCC1. The van der Waals surface area contributed by atoms with Crippen LogP contribution in [-0.4, -0.2) is 29.4 Å². The van der Waals surface area contributed by atoms with Crippen molar-refractivity contribution in [2.45, 2.75) is 71.4 Å². The summed E-state index contributed by atoms with van der Waals surface area (Å²) in [5, 5.41) is 0. The van der Waals surface area contributed by atoms with Crippen LogP contribution in [0.3, 0.4) is 0 Å². The molecule has 106 valence electrons. The Morgan fingerprint density at radius 2 is 2.00 bits per heavy atom. The van der Waals surface area contributed by atoms with Gasteiger partial charge < -0.3 is 0 Å². The summed E-state index contributed by atoms with van der Waals surface area (Å²) in [5.74, 6) is 5.95. The van der Waals surface area contributed by atoms with E-state index in [1.54, 1.807) is 0 Å². The minimum Gasteiger partial charge on any atom is -0.293 e. The fourth-order valence-electron chi connectivity index (χ4n) is 2.90. The maximum Gasteiger partial charge on any atom is 0.251 e. The molecule has 1 atom stereocenters. The number of nitrogens with zero attached hydrogens (tertiary/aromatic N) is 1. The fraction of sp³-hybridized carbons (Fsp3) is 0.929. The third-order valence-electron chi connectivity index (χ3n) is 3.99. The van der Waals surface area contributed by atoms with E-state index < -0.39 is 0 Å². The minimum absolute atomic E-state index is 0.0341. The van der Waals surface area contributed by atoms with Gasteiger partial charge in [-0.1, -0.05) is 33.6 Å². The summed E-state index contributed by atoms with van der Waals surface area (Å²) in [6, 6.07) is 0.517. The van der Waals surface area contributed by atoms with Gasteiger partial charge >= 0.3 is 0 Å². The predicted molar refractivity (Wildman–Crippen MR) is 74.8 cm³/mol. The van der Waals surface area contributed by atoms with E-state index in [9.17, 15) is 4.79 Å². The molecule has 18 heavy (non-hydrogen) atoms. The second-order valence-corrected chi connectivity index (χ2v) is 5.79. The van der Waals surface area contributed by atoms with E-state index in [0.29, 0.717) is 12.0 Å². The Morgan fingerprint density at radius 1 is 1.39 bits per heavy atom. The van der Waals surface area contributed by atoms with Crippen molar-refractivity contribution in [3.8, 4) is 0 Å². The number of nitrogens with one attached hydrogen (secondary N) is 1. The lowest BCUT2D eigenvalue weighted by Gasteiger charge is -2.35. The van der Waals surface area contributed by atoms with E-state index >= 15 is 0 Å². The van der Waals surface area contributed by atoms with Gasteiger partial charge in [0.2, 0.25) is 0 Å². The van der Waals surface area contributed by atoms with Gasteiger partial charge in [-0.2, -0.15) is 0 Å². The van der Waals surface area contributed by atoms with E-state index in [1.807, 2.05) is 0 Å². The molecule has 0 radical (unpaired) electrons. The minimum atomic E-state index is -0.0585. The van der Waals surface area contributed by atoms with Crippen LogP contribution in [0.2, 0.25) is 0 Å². The highest BCUT2D eigenvalue weighted by molar-refractivity contribution is 5.81. The lowest BCUT2D eigenvalue weighted by Crippen LogP contribution is -2.52. The van der Waals surface area contributed by atoms with Crippen molar-refractivity contribution in [2.24, 2.45) is 11.8 Å². The zero-order chi connectivity index (χ0) is 13.5. The number of amides is 1. The van der Waals surface area contributed by atoms with Crippen LogP contribution in [0.4, 0.5) is 0 Å². The van der Waals surface area contributed by atoms with Crippen molar-refractivity contribution >= 4 is 5.91 Å². The molecule has 1 amide bonds. The highest BCUT2D eigenvalue weighted by Crippen LogP contribution is 2.26. The second-order valence-electron chi connectivity index (χ2n) is 5.79. The van der Waals surface area contributed by atoms with E-state index in [1.165, 1.54) is 25.7 Å². The molecule has 4 heteroatoms. The van der Waals surface area contributed by atoms with Crippen LogP contribution >= 0.6 is 0 Å². The number of nitrogens with two attached hydrogens (primary N) is 1. The molecule has 3 N–H and O–H groups in total. The van der Waals surface area contributed by atoms with E-state index in [0.717, 1.165) is 19.4 Å². The normalized spacial score (nSPS) is 18.6. The molecule has 1 aliphatic rings. The first-order valence-corrected chi connectivity index (χ1v) is 7.36. The molecule has 1 unspecified atom stereocenters. The first kappa shape index (κ1) is 15.4. The number of hydrogen-bond donors (Lipinski definition) is 2. The van der Waals surface area contributed by atoms with Crippen LogP contribution in [0.5, 0.6) is 0 Å². The maximum atomic E-state index is 11.9. The number of hydrogen-bond acceptors (Lipinski definition) is 3. The summed E-state index contributed by atoms with van der Waals surface area (Å²) in [5.41, 5.74) is 2.33. The molecular weight excluding hydrogens is 226 g/mol. The molecule has 4 nitrogen and oxygen atoms in total. The summed E-state index contributed by atoms with van der Waals surface area (Å²) in [7, 11) is 0. The van der Waals surface area contributed by atoms with Gasteiger partial charge in [0, 0.05) is 6.04 Å². The summed E-state index contributed by atoms with van der Waals surface area (Å²) in [4.78, 5) is 14.3. The molecule has 1 saturated carbocycles. The van der Waals surface area contributed by atoms with Gasteiger partial charge in [-0.05, 0) is 38.1 Å². The predicted octanol–water partition coefficient (Wildman–Crippen LogP) is 2.05. The van der Waals surface area contributed by atoms with Crippen molar-refractivity contribution in [1.82, 2.24) is 10.3 Å². The van der Waals surface area contributed by atoms with E-state index in [2.05, 4.69) is 31.1 Å². The largest absolute Gasteiger partial charge is 0.293 e. The number of carbonyl (C=O) groups excluding carboxylic acids is 1. The van der Waals surface area contributed by atoms with Gasteiger partial charge in [0.25, 0.3) is 5.91 Å². The molecule has 0 aromatic heterocycles. The van der Waals surface area contributed by atoms with Gasteiger partial charge in [0.1, 0.15) is 0 Å². The van der Waals surface area contributed by atoms with E-state index in [4.69, 9.17) is 5.84 Å². The zero-order valence-electron chi connectivity index (χ0n) is 12.1. The number of rotatable bonds is 7. The monoisotopic (exact) mass is 255 g/mol. The Hall–Kier alpha value is -0.610. The first-order chi connectivity index (χ1) is 8.60. The van der Waals surface area contributed by atoms with Crippen LogP contribution in [0.15, 0.2) is 0 Å². The average molecular weight is 255 g/mol. The highest BCUT2D eigenvalue weighted by atomic mass is 16.2. The van der Waals surface area contributed by atoms with Crippen molar-refractivity contribution in [3.63, 3.8) is 0 Å². The molecule has 0 aromatic rings. The van der Waals surface area contributed by atoms with Gasteiger partial charge in [-0.3, -0.25) is 15.1 Å². The van der Waals surface area contributed by atoms with Crippen LogP contribution in [0.25, 0.3) is 0 Å². The van der Waals surface area contributed by atoms with Crippen LogP contribution in [0, 0.1) is 5.92 Å². The standard InChI is InChI=1S/C14H29N3O/c1-4-13(14(18)16-15)17(10-9-11(2)3)12-7-5-6-8-12/h11-13H,4-10,15H2,1-3H3,(H,16,18). The Balaban J connectivity index is 2.69. The highest BCUT2D eigenvalue weighted by Gasteiger charge is 2.31. The quantitative estimate of drug-likeness (QED) is 0.416. The lowest BCUT2D eigenvalue weighted by atomic mass is 10.0. The molecule has 1 fully saturated rings. The van der Waals surface area contributed by atoms with Gasteiger partial charge in [0.05, 0.1) is 6.04 Å².